The lowest BCUT2D eigenvalue weighted by Gasteiger charge is -2.32. The van der Waals surface area contributed by atoms with E-state index in [1.54, 1.807) is 4.68 Å². The van der Waals surface area contributed by atoms with E-state index >= 15 is 0 Å². The molecule has 1 amide bonds. The Morgan fingerprint density at radius 1 is 1.35 bits per heavy atom. The fourth-order valence-electron chi connectivity index (χ4n) is 2.92. The molecule has 1 aliphatic heterocycles. The summed E-state index contributed by atoms with van der Waals surface area (Å²) in [6, 6.07) is 0. The maximum atomic E-state index is 12.3. The second-order valence-electron chi connectivity index (χ2n) is 6.04. The van der Waals surface area contributed by atoms with Gasteiger partial charge in [0.05, 0.1) is 5.69 Å². The summed E-state index contributed by atoms with van der Waals surface area (Å²) in [6.07, 6.45) is 2.15. The average Bonchev–Trinajstić information content (AvgIpc) is 2.76. The van der Waals surface area contributed by atoms with Crippen LogP contribution in [0.1, 0.15) is 31.2 Å². The third kappa shape index (κ3) is 5.11. The molecule has 0 unspecified atom stereocenters. The molecule has 1 aromatic rings. The second-order valence-corrected chi connectivity index (χ2v) is 6.04. The van der Waals surface area contributed by atoms with Gasteiger partial charge in [-0.25, -0.2) is 0 Å². The highest BCUT2D eigenvalue weighted by Gasteiger charge is 2.23. The van der Waals surface area contributed by atoms with E-state index in [1.165, 1.54) is 0 Å². The number of carbonyl (C=O) groups excluding carboxylic acids is 1. The van der Waals surface area contributed by atoms with Crippen molar-refractivity contribution in [1.29, 1.82) is 0 Å². The van der Waals surface area contributed by atoms with Crippen LogP contribution in [0.25, 0.3) is 0 Å². The molecule has 2 heterocycles. The molecule has 132 valence electrons. The number of rotatable bonds is 6. The number of halogens is 1. The number of nitrogens with one attached hydrogen (secondary N) is 1. The van der Waals surface area contributed by atoms with Crippen LogP contribution >= 0.6 is 12.4 Å². The molecule has 1 aromatic heterocycles. The summed E-state index contributed by atoms with van der Waals surface area (Å²) in [6.45, 7) is 9.82. The SMILES string of the molecule is CCNCC1CCN(C(=O)COc2c(C)nn(C)c2C)CC1.Cl. The highest BCUT2D eigenvalue weighted by Crippen LogP contribution is 2.22. The first-order valence-corrected chi connectivity index (χ1v) is 8.14. The first kappa shape index (κ1) is 19.8. The number of nitrogens with zero attached hydrogens (tertiary/aromatic N) is 3. The summed E-state index contributed by atoms with van der Waals surface area (Å²) in [5, 5.41) is 7.69. The summed E-state index contributed by atoms with van der Waals surface area (Å²) in [5.41, 5.74) is 1.78. The number of hydrogen-bond donors (Lipinski definition) is 1. The van der Waals surface area contributed by atoms with Crippen LogP contribution in [0, 0.1) is 19.8 Å². The molecule has 7 heteroatoms. The van der Waals surface area contributed by atoms with Gasteiger partial charge in [-0.3, -0.25) is 9.48 Å². The van der Waals surface area contributed by atoms with Crippen molar-refractivity contribution in [2.24, 2.45) is 13.0 Å². The van der Waals surface area contributed by atoms with Gasteiger partial charge in [-0.15, -0.1) is 12.4 Å². The van der Waals surface area contributed by atoms with Gasteiger partial charge in [0.15, 0.2) is 12.4 Å². The van der Waals surface area contributed by atoms with E-state index < -0.39 is 0 Å². The topological polar surface area (TPSA) is 59.4 Å². The summed E-state index contributed by atoms with van der Waals surface area (Å²) in [4.78, 5) is 14.2. The zero-order valence-electron chi connectivity index (χ0n) is 14.6. The Hall–Kier alpha value is -1.27. The van der Waals surface area contributed by atoms with E-state index in [2.05, 4.69) is 17.3 Å². The fourth-order valence-corrected chi connectivity index (χ4v) is 2.92. The molecule has 1 N–H and O–H groups in total. The first-order valence-electron chi connectivity index (χ1n) is 8.14. The minimum Gasteiger partial charge on any atom is -0.480 e. The van der Waals surface area contributed by atoms with E-state index in [1.807, 2.05) is 25.8 Å². The number of hydrogen-bond acceptors (Lipinski definition) is 4. The zero-order valence-corrected chi connectivity index (χ0v) is 15.4. The number of carbonyl (C=O) groups is 1. The molecule has 0 spiro atoms. The van der Waals surface area contributed by atoms with Crippen LogP contribution in [-0.4, -0.2) is 53.4 Å². The lowest BCUT2D eigenvalue weighted by molar-refractivity contribution is -0.134. The van der Waals surface area contributed by atoms with Crippen molar-refractivity contribution in [2.45, 2.75) is 33.6 Å². The van der Waals surface area contributed by atoms with E-state index in [9.17, 15) is 4.79 Å². The maximum Gasteiger partial charge on any atom is 0.260 e. The van der Waals surface area contributed by atoms with E-state index in [0.717, 1.165) is 56.2 Å². The largest absolute Gasteiger partial charge is 0.480 e. The monoisotopic (exact) mass is 344 g/mol. The van der Waals surface area contributed by atoms with Crippen molar-refractivity contribution in [3.05, 3.63) is 11.4 Å². The van der Waals surface area contributed by atoms with Crippen LogP contribution in [0.5, 0.6) is 5.75 Å². The third-order valence-corrected chi connectivity index (χ3v) is 4.43. The molecule has 0 saturated carbocycles. The standard InChI is InChI=1S/C16H28N4O2.ClH/c1-5-17-10-14-6-8-20(9-7-14)15(21)11-22-16-12(2)18-19(4)13(16)3;/h14,17H,5-11H2,1-4H3;1H. The quantitative estimate of drug-likeness (QED) is 0.853. The Labute approximate surface area is 145 Å². The number of amides is 1. The van der Waals surface area contributed by atoms with Gasteiger partial charge in [-0.1, -0.05) is 6.92 Å². The Morgan fingerprint density at radius 2 is 2.00 bits per heavy atom. The molecule has 0 aromatic carbocycles. The van der Waals surface area contributed by atoms with Crippen molar-refractivity contribution in [3.63, 3.8) is 0 Å². The Kier molecular flexibility index (Phi) is 7.85. The number of piperidine rings is 1. The molecular formula is C16H29ClN4O2. The van der Waals surface area contributed by atoms with Crippen LogP contribution in [-0.2, 0) is 11.8 Å². The molecule has 1 saturated heterocycles. The lowest BCUT2D eigenvalue weighted by atomic mass is 9.97. The van der Waals surface area contributed by atoms with Gasteiger partial charge in [-0.05, 0) is 45.7 Å². The third-order valence-electron chi connectivity index (χ3n) is 4.43. The molecule has 0 atom stereocenters. The summed E-state index contributed by atoms with van der Waals surface area (Å²) >= 11 is 0. The zero-order chi connectivity index (χ0) is 16.1. The van der Waals surface area contributed by atoms with E-state index in [0.29, 0.717) is 5.92 Å². The minimum atomic E-state index is 0. The molecule has 1 aliphatic rings. The predicted octanol–water partition coefficient (Wildman–Crippen LogP) is 1.69. The fraction of sp³-hybridized carbons (Fsp3) is 0.750. The van der Waals surface area contributed by atoms with Crippen molar-refractivity contribution in [2.75, 3.05) is 32.8 Å². The van der Waals surface area contributed by atoms with Gasteiger partial charge >= 0.3 is 0 Å². The molecular weight excluding hydrogens is 316 g/mol. The number of ether oxygens (including phenoxy) is 1. The molecule has 23 heavy (non-hydrogen) atoms. The predicted molar refractivity (Wildman–Crippen MR) is 93.3 cm³/mol. The molecule has 6 nitrogen and oxygen atoms in total. The molecule has 0 radical (unpaired) electrons. The van der Waals surface area contributed by atoms with Crippen molar-refractivity contribution >= 4 is 18.3 Å². The van der Waals surface area contributed by atoms with Gasteiger partial charge in [0.1, 0.15) is 5.69 Å². The van der Waals surface area contributed by atoms with Crippen LogP contribution in [0.3, 0.4) is 0 Å². The van der Waals surface area contributed by atoms with Crippen LogP contribution in [0.4, 0.5) is 0 Å². The van der Waals surface area contributed by atoms with Crippen molar-refractivity contribution in [1.82, 2.24) is 20.0 Å². The summed E-state index contributed by atoms with van der Waals surface area (Å²) in [5.74, 6) is 1.50. The van der Waals surface area contributed by atoms with Gasteiger partial charge in [0, 0.05) is 20.1 Å². The first-order chi connectivity index (χ1) is 10.5. The Morgan fingerprint density at radius 3 is 2.52 bits per heavy atom. The van der Waals surface area contributed by atoms with Gasteiger partial charge < -0.3 is 15.0 Å². The minimum absolute atomic E-state index is 0. The Balaban J connectivity index is 0.00000264. The normalized spacial score (nSPS) is 15.4. The smallest absolute Gasteiger partial charge is 0.260 e. The van der Waals surface area contributed by atoms with Gasteiger partial charge in [0.25, 0.3) is 5.91 Å². The van der Waals surface area contributed by atoms with Crippen LogP contribution < -0.4 is 10.1 Å². The van der Waals surface area contributed by atoms with Crippen LogP contribution in [0.15, 0.2) is 0 Å². The molecule has 0 bridgehead atoms. The maximum absolute atomic E-state index is 12.3. The number of likely N-dealkylation sites (tertiary alicyclic amines) is 1. The highest BCUT2D eigenvalue weighted by molar-refractivity contribution is 5.85. The highest BCUT2D eigenvalue weighted by atomic mass is 35.5. The molecule has 0 aliphatic carbocycles. The second kappa shape index (κ2) is 9.13. The average molecular weight is 345 g/mol. The number of aryl methyl sites for hydroxylation is 2. The Bertz CT molecular complexity index is 510. The van der Waals surface area contributed by atoms with Crippen molar-refractivity contribution < 1.29 is 9.53 Å². The van der Waals surface area contributed by atoms with Crippen molar-refractivity contribution in [3.8, 4) is 5.75 Å². The molecule has 2 rings (SSSR count). The van der Waals surface area contributed by atoms with E-state index in [4.69, 9.17) is 4.74 Å². The molecule has 1 fully saturated rings. The van der Waals surface area contributed by atoms with Gasteiger partial charge in [-0.2, -0.15) is 5.10 Å². The summed E-state index contributed by atoms with van der Waals surface area (Å²) < 4.78 is 7.49. The number of aromatic nitrogens is 2. The lowest BCUT2D eigenvalue weighted by Crippen LogP contribution is -2.42. The van der Waals surface area contributed by atoms with Crippen LogP contribution in [0.2, 0.25) is 0 Å². The summed E-state index contributed by atoms with van der Waals surface area (Å²) in [7, 11) is 1.88. The van der Waals surface area contributed by atoms with E-state index in [-0.39, 0.29) is 24.9 Å². The van der Waals surface area contributed by atoms with Gasteiger partial charge in [0.2, 0.25) is 0 Å².